The fraction of sp³-hybridized carbons (Fsp3) is 0.400. The summed E-state index contributed by atoms with van der Waals surface area (Å²) >= 11 is 0. The van der Waals surface area contributed by atoms with E-state index in [1.54, 1.807) is 41.3 Å². The van der Waals surface area contributed by atoms with Crippen LogP contribution in [0.15, 0.2) is 42.6 Å². The summed E-state index contributed by atoms with van der Waals surface area (Å²) in [5.41, 5.74) is 2.78. The summed E-state index contributed by atoms with van der Waals surface area (Å²) in [5.74, 6) is 0.407. The van der Waals surface area contributed by atoms with Gasteiger partial charge >= 0.3 is 0 Å². The van der Waals surface area contributed by atoms with Gasteiger partial charge in [-0.15, -0.1) is 0 Å². The first-order valence-corrected chi connectivity index (χ1v) is 11.2. The molecule has 0 radical (unpaired) electrons. The molecule has 0 unspecified atom stereocenters. The highest BCUT2D eigenvalue weighted by Crippen LogP contribution is 2.49. The molecule has 5 rings (SSSR count). The molecule has 1 saturated heterocycles. The lowest BCUT2D eigenvalue weighted by Gasteiger charge is -2.56. The van der Waals surface area contributed by atoms with Crippen LogP contribution in [0.5, 0.6) is 5.75 Å². The molecule has 0 bridgehead atoms. The minimum Gasteiger partial charge on any atom is -0.497 e. The zero-order valence-electron chi connectivity index (χ0n) is 19.5. The molecule has 178 valence electrons. The quantitative estimate of drug-likeness (QED) is 0.615. The SMILES string of the molecule is COCC(=O)N1CC2(C1)CN(C(=O)c1ccccn1)[C@H](CO)c1c2c2ccc(OC)cc2n1C. The lowest BCUT2D eigenvalue weighted by molar-refractivity contribution is -0.144. The predicted molar refractivity (Wildman–Crippen MR) is 125 cm³/mol. The molecule has 2 aliphatic rings. The molecule has 2 aromatic heterocycles. The Morgan fingerprint density at radius 1 is 1.18 bits per heavy atom. The lowest BCUT2D eigenvalue weighted by atomic mass is 9.68. The van der Waals surface area contributed by atoms with E-state index in [-0.39, 0.29) is 25.0 Å². The molecular weight excluding hydrogens is 436 g/mol. The number of hydrogen-bond acceptors (Lipinski definition) is 6. The summed E-state index contributed by atoms with van der Waals surface area (Å²) in [4.78, 5) is 33.8. The third-order valence-corrected chi connectivity index (χ3v) is 7.07. The number of methoxy groups -OCH3 is 2. The summed E-state index contributed by atoms with van der Waals surface area (Å²) in [6, 6.07) is 10.6. The average molecular weight is 465 g/mol. The van der Waals surface area contributed by atoms with Crippen molar-refractivity contribution in [1.29, 1.82) is 0 Å². The Balaban J connectivity index is 1.66. The molecule has 3 aromatic rings. The molecule has 1 fully saturated rings. The summed E-state index contributed by atoms with van der Waals surface area (Å²) in [6.45, 7) is 1.11. The monoisotopic (exact) mass is 464 g/mol. The Morgan fingerprint density at radius 3 is 2.62 bits per heavy atom. The Labute approximate surface area is 197 Å². The maximum Gasteiger partial charge on any atom is 0.273 e. The van der Waals surface area contributed by atoms with Gasteiger partial charge in [0.1, 0.15) is 18.1 Å². The highest BCUT2D eigenvalue weighted by atomic mass is 16.5. The first-order chi connectivity index (χ1) is 16.4. The Morgan fingerprint density at radius 2 is 1.97 bits per heavy atom. The van der Waals surface area contributed by atoms with E-state index in [4.69, 9.17) is 9.47 Å². The van der Waals surface area contributed by atoms with Gasteiger partial charge < -0.3 is 28.9 Å². The highest BCUT2D eigenvalue weighted by Gasteiger charge is 2.55. The van der Waals surface area contributed by atoms with Gasteiger partial charge in [-0.05, 0) is 29.8 Å². The number of amides is 2. The Hall–Kier alpha value is -3.43. The average Bonchev–Trinajstić information content (AvgIpc) is 3.14. The van der Waals surface area contributed by atoms with Crippen molar-refractivity contribution in [2.45, 2.75) is 11.5 Å². The highest BCUT2D eigenvalue weighted by molar-refractivity contribution is 5.95. The second-order valence-corrected chi connectivity index (χ2v) is 9.01. The predicted octanol–water partition coefficient (Wildman–Crippen LogP) is 1.50. The zero-order chi connectivity index (χ0) is 24.0. The Bertz CT molecular complexity index is 1250. The third kappa shape index (κ3) is 3.26. The second kappa shape index (κ2) is 8.41. The number of fused-ring (bicyclic) bond motifs is 4. The van der Waals surface area contributed by atoms with Gasteiger partial charge in [0.15, 0.2) is 0 Å². The molecule has 2 aliphatic heterocycles. The van der Waals surface area contributed by atoms with Gasteiger partial charge in [0, 0.05) is 57.1 Å². The van der Waals surface area contributed by atoms with Crippen molar-refractivity contribution in [3.63, 3.8) is 0 Å². The number of hydrogen-bond donors (Lipinski definition) is 1. The van der Waals surface area contributed by atoms with Gasteiger partial charge in [-0.3, -0.25) is 14.6 Å². The number of carbonyl (C=O) groups is 2. The Kier molecular flexibility index (Phi) is 5.53. The summed E-state index contributed by atoms with van der Waals surface area (Å²) in [7, 11) is 5.07. The van der Waals surface area contributed by atoms with Crippen molar-refractivity contribution in [1.82, 2.24) is 19.4 Å². The van der Waals surface area contributed by atoms with Gasteiger partial charge in [0.25, 0.3) is 5.91 Å². The smallest absolute Gasteiger partial charge is 0.273 e. The van der Waals surface area contributed by atoms with Gasteiger partial charge in [-0.1, -0.05) is 6.07 Å². The molecule has 34 heavy (non-hydrogen) atoms. The standard InChI is InChI=1S/C25H28N4O5/c1-27-19-10-16(34-3)7-8-17(19)22-23(27)20(11-30)29(24(32)18-6-4-5-9-26-18)15-25(22)13-28(14-25)21(31)12-33-2/h4-10,20,30H,11-15H2,1-3H3/t20-/m1/s1. The number of likely N-dealkylation sites (tertiary alicyclic amines) is 1. The normalized spacial score (nSPS) is 18.6. The number of pyridine rings is 1. The zero-order valence-corrected chi connectivity index (χ0v) is 19.5. The molecule has 0 saturated carbocycles. The van der Waals surface area contributed by atoms with E-state index in [1.807, 2.05) is 29.8 Å². The van der Waals surface area contributed by atoms with Crippen LogP contribution in [-0.4, -0.2) is 83.3 Å². The van der Waals surface area contributed by atoms with Crippen molar-refractivity contribution in [2.75, 3.05) is 47.1 Å². The maximum atomic E-state index is 13.6. The number of aliphatic hydroxyl groups excluding tert-OH is 1. The third-order valence-electron chi connectivity index (χ3n) is 7.07. The number of carbonyl (C=O) groups excluding carboxylic acids is 2. The van der Waals surface area contributed by atoms with Crippen LogP contribution in [0.4, 0.5) is 0 Å². The van der Waals surface area contributed by atoms with E-state index in [0.29, 0.717) is 25.3 Å². The molecule has 0 aliphatic carbocycles. The van der Waals surface area contributed by atoms with Crippen molar-refractivity contribution in [3.05, 3.63) is 59.5 Å². The number of benzene rings is 1. The van der Waals surface area contributed by atoms with Crippen LogP contribution in [0.1, 0.15) is 27.8 Å². The first-order valence-electron chi connectivity index (χ1n) is 11.2. The van der Waals surface area contributed by atoms with Crippen molar-refractivity contribution in [2.24, 2.45) is 7.05 Å². The molecule has 1 N–H and O–H groups in total. The molecule has 1 spiro atoms. The maximum absolute atomic E-state index is 13.6. The van der Waals surface area contributed by atoms with Gasteiger partial charge in [-0.25, -0.2) is 0 Å². The van der Waals surface area contributed by atoms with E-state index in [2.05, 4.69) is 4.98 Å². The van der Waals surface area contributed by atoms with Crippen LogP contribution in [0, 0.1) is 0 Å². The minimum atomic E-state index is -0.540. The topological polar surface area (TPSA) is 97.1 Å². The molecule has 4 heterocycles. The number of nitrogens with zero attached hydrogens (tertiary/aromatic N) is 4. The minimum absolute atomic E-state index is 0.0194. The van der Waals surface area contributed by atoms with Gasteiger partial charge in [0.2, 0.25) is 5.91 Å². The van der Waals surface area contributed by atoms with Crippen molar-refractivity contribution in [3.8, 4) is 5.75 Å². The van der Waals surface area contributed by atoms with E-state index in [9.17, 15) is 14.7 Å². The molecule has 1 atom stereocenters. The van der Waals surface area contributed by atoms with Crippen LogP contribution in [-0.2, 0) is 22.0 Å². The molecule has 9 nitrogen and oxygen atoms in total. The van der Waals surface area contributed by atoms with Crippen molar-refractivity contribution < 1.29 is 24.2 Å². The molecule has 9 heteroatoms. The summed E-state index contributed by atoms with van der Waals surface area (Å²) < 4.78 is 12.5. The van der Waals surface area contributed by atoms with Crippen LogP contribution < -0.4 is 4.74 Å². The van der Waals surface area contributed by atoms with Gasteiger partial charge in [0.05, 0.1) is 30.7 Å². The van der Waals surface area contributed by atoms with E-state index >= 15 is 0 Å². The van der Waals surface area contributed by atoms with E-state index in [0.717, 1.165) is 27.9 Å². The van der Waals surface area contributed by atoms with Crippen LogP contribution in [0.25, 0.3) is 10.9 Å². The molecule has 2 amide bonds. The summed E-state index contributed by atoms with van der Waals surface area (Å²) in [6.07, 6.45) is 1.59. The molecular formula is C25H28N4O5. The van der Waals surface area contributed by atoms with E-state index < -0.39 is 11.5 Å². The number of aryl methyl sites for hydroxylation is 1. The first kappa shape index (κ1) is 22.4. The lowest BCUT2D eigenvalue weighted by Crippen LogP contribution is -2.68. The van der Waals surface area contributed by atoms with Crippen LogP contribution in [0.2, 0.25) is 0 Å². The number of aliphatic hydroxyl groups is 1. The number of ether oxygens (including phenoxy) is 2. The van der Waals surface area contributed by atoms with Crippen LogP contribution >= 0.6 is 0 Å². The number of rotatable bonds is 5. The van der Waals surface area contributed by atoms with E-state index in [1.165, 1.54) is 7.11 Å². The number of aromatic nitrogens is 2. The molecule has 1 aromatic carbocycles. The largest absolute Gasteiger partial charge is 0.497 e. The summed E-state index contributed by atoms with van der Waals surface area (Å²) in [5, 5.41) is 11.5. The van der Waals surface area contributed by atoms with Gasteiger partial charge in [-0.2, -0.15) is 0 Å². The fourth-order valence-electron chi connectivity index (χ4n) is 5.54. The van der Waals surface area contributed by atoms with Crippen molar-refractivity contribution >= 4 is 22.7 Å². The second-order valence-electron chi connectivity index (χ2n) is 9.01. The van der Waals surface area contributed by atoms with Crippen LogP contribution in [0.3, 0.4) is 0 Å². The fourth-order valence-corrected chi connectivity index (χ4v) is 5.54.